The van der Waals surface area contributed by atoms with E-state index in [0.717, 1.165) is 24.3 Å². The summed E-state index contributed by atoms with van der Waals surface area (Å²) in [6.07, 6.45) is 4.46. The number of likely N-dealkylation sites (tertiary alicyclic amines) is 1. The van der Waals surface area contributed by atoms with Crippen molar-refractivity contribution < 1.29 is 9.90 Å². The number of hydrogen-bond donors (Lipinski definition) is 3. The highest BCUT2D eigenvalue weighted by Crippen LogP contribution is 2.34. The molecule has 0 radical (unpaired) electrons. The zero-order valence-electron chi connectivity index (χ0n) is 13.1. The molecule has 0 bridgehead atoms. The molecule has 5 nitrogen and oxygen atoms in total. The van der Waals surface area contributed by atoms with Gasteiger partial charge in [-0.05, 0) is 69.6 Å². The third kappa shape index (κ3) is 2.95. The first-order valence-electron chi connectivity index (χ1n) is 7.83. The highest BCUT2D eigenvalue weighted by Gasteiger charge is 2.21. The lowest BCUT2D eigenvalue weighted by Gasteiger charge is -2.28. The minimum Gasteiger partial charge on any atom is -0.480 e. The molecule has 1 atom stereocenters. The van der Waals surface area contributed by atoms with Gasteiger partial charge in [0.25, 0.3) is 0 Å². The smallest absolute Gasteiger partial charge is 0.325 e. The summed E-state index contributed by atoms with van der Waals surface area (Å²) in [4.78, 5) is 16.7. The second kappa shape index (κ2) is 6.01. The Hall–Kier alpha value is -2.01. The molecule has 1 unspecified atom stereocenters. The number of piperidine rings is 1. The Morgan fingerprint density at radius 3 is 2.82 bits per heavy atom. The number of H-pyrrole nitrogens is 1. The summed E-state index contributed by atoms with van der Waals surface area (Å²) in [6.45, 7) is 3.91. The zero-order valence-corrected chi connectivity index (χ0v) is 13.1. The predicted molar refractivity (Wildman–Crippen MR) is 88.5 cm³/mol. The van der Waals surface area contributed by atoms with Crippen LogP contribution in [0.4, 0.5) is 5.69 Å². The molecule has 1 fully saturated rings. The van der Waals surface area contributed by atoms with Crippen LogP contribution in [0.2, 0.25) is 0 Å². The van der Waals surface area contributed by atoms with E-state index in [1.165, 1.54) is 23.8 Å². The number of rotatable bonds is 4. The van der Waals surface area contributed by atoms with Crippen molar-refractivity contribution >= 4 is 22.6 Å². The van der Waals surface area contributed by atoms with Crippen molar-refractivity contribution in [2.24, 2.45) is 0 Å². The van der Waals surface area contributed by atoms with Crippen molar-refractivity contribution in [3.8, 4) is 0 Å². The van der Waals surface area contributed by atoms with Crippen molar-refractivity contribution in [3.63, 3.8) is 0 Å². The maximum atomic E-state index is 11.0. The summed E-state index contributed by atoms with van der Waals surface area (Å²) in [6, 6.07) is 5.42. The van der Waals surface area contributed by atoms with Crippen molar-refractivity contribution in [3.05, 3.63) is 30.0 Å². The number of aromatic nitrogens is 1. The summed E-state index contributed by atoms with van der Waals surface area (Å²) in [5.74, 6) is -0.262. The van der Waals surface area contributed by atoms with Crippen LogP contribution in [0.5, 0.6) is 0 Å². The van der Waals surface area contributed by atoms with E-state index in [1.807, 2.05) is 12.1 Å². The highest BCUT2D eigenvalue weighted by atomic mass is 16.4. The maximum absolute atomic E-state index is 11.0. The second-order valence-electron chi connectivity index (χ2n) is 6.29. The molecule has 1 aliphatic heterocycles. The lowest BCUT2D eigenvalue weighted by atomic mass is 9.89. The maximum Gasteiger partial charge on any atom is 0.325 e. The molecule has 3 rings (SSSR count). The highest BCUT2D eigenvalue weighted by molar-refractivity contribution is 5.88. The van der Waals surface area contributed by atoms with E-state index in [0.29, 0.717) is 5.92 Å². The van der Waals surface area contributed by atoms with Gasteiger partial charge in [-0.1, -0.05) is 0 Å². The topological polar surface area (TPSA) is 68.4 Å². The van der Waals surface area contributed by atoms with Crippen molar-refractivity contribution in [1.82, 2.24) is 9.88 Å². The number of carboxylic acid groups (broad SMARTS) is 1. The number of carboxylic acids is 1. The van der Waals surface area contributed by atoms with E-state index in [1.54, 1.807) is 6.92 Å². The SMILES string of the molecule is CC(Nc1ccc2[nH]cc(C3CCN(C)CC3)c2c1)C(=O)O. The van der Waals surface area contributed by atoms with Crippen LogP contribution in [0.3, 0.4) is 0 Å². The van der Waals surface area contributed by atoms with E-state index in [-0.39, 0.29) is 0 Å². The molecule has 2 heterocycles. The van der Waals surface area contributed by atoms with Crippen LogP contribution in [0, 0.1) is 0 Å². The van der Waals surface area contributed by atoms with Crippen LogP contribution in [0.1, 0.15) is 31.2 Å². The van der Waals surface area contributed by atoms with Gasteiger partial charge in [0.1, 0.15) is 6.04 Å². The molecule has 0 saturated carbocycles. The quantitative estimate of drug-likeness (QED) is 0.812. The molecule has 1 aromatic heterocycles. The number of benzene rings is 1. The molecule has 0 amide bonds. The number of carbonyl (C=O) groups is 1. The van der Waals surface area contributed by atoms with Crippen LogP contribution >= 0.6 is 0 Å². The van der Waals surface area contributed by atoms with E-state index >= 15 is 0 Å². The van der Waals surface area contributed by atoms with Gasteiger partial charge in [0.05, 0.1) is 0 Å². The van der Waals surface area contributed by atoms with Gasteiger partial charge >= 0.3 is 5.97 Å². The molecule has 22 heavy (non-hydrogen) atoms. The van der Waals surface area contributed by atoms with Crippen LogP contribution in [-0.4, -0.2) is 47.1 Å². The van der Waals surface area contributed by atoms with Crippen LogP contribution in [0.15, 0.2) is 24.4 Å². The Morgan fingerprint density at radius 1 is 1.41 bits per heavy atom. The lowest BCUT2D eigenvalue weighted by molar-refractivity contribution is -0.137. The lowest BCUT2D eigenvalue weighted by Crippen LogP contribution is -2.29. The summed E-state index contributed by atoms with van der Waals surface area (Å²) >= 11 is 0. The largest absolute Gasteiger partial charge is 0.480 e. The standard InChI is InChI=1S/C17H23N3O2/c1-11(17(21)22)19-13-3-4-16-14(9-13)15(10-18-16)12-5-7-20(2)8-6-12/h3-4,9-12,18-19H,5-8H2,1-2H3,(H,21,22). The Morgan fingerprint density at radius 2 is 2.14 bits per heavy atom. The van der Waals surface area contributed by atoms with Gasteiger partial charge in [0.2, 0.25) is 0 Å². The van der Waals surface area contributed by atoms with Crippen LogP contribution in [-0.2, 0) is 4.79 Å². The van der Waals surface area contributed by atoms with Gasteiger partial charge < -0.3 is 20.3 Å². The molecular weight excluding hydrogens is 278 g/mol. The third-order valence-electron chi connectivity index (χ3n) is 4.63. The number of hydrogen-bond acceptors (Lipinski definition) is 3. The van der Waals surface area contributed by atoms with Gasteiger partial charge in [-0.2, -0.15) is 0 Å². The summed E-state index contributed by atoms with van der Waals surface area (Å²) < 4.78 is 0. The van der Waals surface area contributed by atoms with Gasteiger partial charge in [-0.25, -0.2) is 0 Å². The van der Waals surface area contributed by atoms with E-state index in [4.69, 9.17) is 5.11 Å². The van der Waals surface area contributed by atoms with Gasteiger partial charge in [-0.3, -0.25) is 4.79 Å². The number of aromatic amines is 1. The van der Waals surface area contributed by atoms with Crippen molar-refractivity contribution in [2.75, 3.05) is 25.5 Å². The van der Waals surface area contributed by atoms with E-state index in [9.17, 15) is 4.79 Å². The Kier molecular flexibility index (Phi) is 4.07. The molecule has 1 aliphatic rings. The molecule has 3 N–H and O–H groups in total. The number of nitrogens with one attached hydrogen (secondary N) is 2. The van der Waals surface area contributed by atoms with Crippen molar-refractivity contribution in [2.45, 2.75) is 31.7 Å². The summed E-state index contributed by atoms with van der Waals surface area (Å²) in [5.41, 5.74) is 3.33. The molecule has 2 aromatic rings. The molecule has 0 aliphatic carbocycles. The second-order valence-corrected chi connectivity index (χ2v) is 6.29. The fourth-order valence-electron chi connectivity index (χ4n) is 3.20. The predicted octanol–water partition coefficient (Wildman–Crippen LogP) is 2.86. The molecule has 0 spiro atoms. The number of fused-ring (bicyclic) bond motifs is 1. The molecule has 1 aromatic carbocycles. The van der Waals surface area contributed by atoms with Gasteiger partial charge in [0.15, 0.2) is 0 Å². The fourth-order valence-corrected chi connectivity index (χ4v) is 3.20. The Labute approximate surface area is 130 Å². The van der Waals surface area contributed by atoms with Crippen LogP contribution in [0.25, 0.3) is 10.9 Å². The van der Waals surface area contributed by atoms with Gasteiger partial charge in [0, 0.05) is 22.8 Å². The molecular formula is C17H23N3O2. The molecule has 118 valence electrons. The van der Waals surface area contributed by atoms with E-state index < -0.39 is 12.0 Å². The van der Waals surface area contributed by atoms with Crippen LogP contribution < -0.4 is 5.32 Å². The molecule has 1 saturated heterocycles. The first kappa shape index (κ1) is 14.9. The normalized spacial score (nSPS) is 18.5. The average molecular weight is 301 g/mol. The van der Waals surface area contributed by atoms with Gasteiger partial charge in [-0.15, -0.1) is 0 Å². The molecule has 5 heteroatoms. The minimum absolute atomic E-state index is 0.581. The number of aliphatic carboxylic acids is 1. The third-order valence-corrected chi connectivity index (χ3v) is 4.63. The fraction of sp³-hybridized carbons (Fsp3) is 0.471. The summed E-state index contributed by atoms with van der Waals surface area (Å²) in [7, 11) is 2.17. The monoisotopic (exact) mass is 301 g/mol. The van der Waals surface area contributed by atoms with Crippen molar-refractivity contribution in [1.29, 1.82) is 0 Å². The number of anilines is 1. The Balaban J connectivity index is 1.87. The zero-order chi connectivity index (χ0) is 15.7. The Bertz CT molecular complexity index is 672. The first-order chi connectivity index (χ1) is 10.5. The summed E-state index contributed by atoms with van der Waals surface area (Å²) in [5, 5.41) is 13.3. The number of nitrogens with zero attached hydrogens (tertiary/aromatic N) is 1. The minimum atomic E-state index is -0.843. The van der Waals surface area contributed by atoms with E-state index in [2.05, 4.69) is 34.5 Å². The average Bonchev–Trinajstić information content (AvgIpc) is 2.91. The first-order valence-corrected chi connectivity index (χ1v) is 7.83.